The van der Waals surface area contributed by atoms with Crippen molar-refractivity contribution < 1.29 is 9.53 Å². The van der Waals surface area contributed by atoms with Crippen molar-refractivity contribution in [3.63, 3.8) is 0 Å². The Bertz CT molecular complexity index is 350. The maximum absolute atomic E-state index is 11.1. The molecule has 0 aromatic carbocycles. The number of ether oxygens (including phenoxy) is 1. The molecule has 1 aromatic heterocycles. The summed E-state index contributed by atoms with van der Waals surface area (Å²) in [6, 6.07) is 0. The topological polar surface area (TPSA) is 51.2 Å². The Labute approximate surface area is 105 Å². The van der Waals surface area contributed by atoms with E-state index in [1.54, 1.807) is 5.38 Å². The molecule has 0 atom stereocenters. The fraction of sp³-hybridized carbons (Fsp3) is 0.429. The first-order valence-corrected chi connectivity index (χ1v) is 5.81. The lowest BCUT2D eigenvalue weighted by Gasteiger charge is -2.10. The lowest BCUT2D eigenvalue weighted by Crippen LogP contribution is -2.21. The van der Waals surface area contributed by atoms with Crippen LogP contribution in [0.1, 0.15) is 5.69 Å². The SMILES string of the molecule is Cc1csc(NC(=O)OCC(Cl)(Cl)Cl)n1. The van der Waals surface area contributed by atoms with E-state index in [9.17, 15) is 4.79 Å². The van der Waals surface area contributed by atoms with Gasteiger partial charge in [-0.15, -0.1) is 11.3 Å². The van der Waals surface area contributed by atoms with Gasteiger partial charge in [0.15, 0.2) is 5.13 Å². The van der Waals surface area contributed by atoms with Crippen LogP contribution in [-0.4, -0.2) is 21.5 Å². The van der Waals surface area contributed by atoms with Gasteiger partial charge in [-0.25, -0.2) is 9.78 Å². The van der Waals surface area contributed by atoms with E-state index < -0.39 is 9.89 Å². The summed E-state index contributed by atoms with van der Waals surface area (Å²) < 4.78 is 3.04. The number of nitrogens with one attached hydrogen (secondary N) is 1. The third-order valence-corrected chi connectivity index (χ3v) is 2.40. The molecule has 0 aliphatic heterocycles. The van der Waals surface area contributed by atoms with E-state index in [1.165, 1.54) is 11.3 Å². The number of nitrogens with zero attached hydrogens (tertiary/aromatic N) is 1. The second-order valence-corrected chi connectivity index (χ2v) is 5.98. The molecule has 0 unspecified atom stereocenters. The van der Waals surface area contributed by atoms with Crippen molar-refractivity contribution in [2.24, 2.45) is 0 Å². The number of hydrogen-bond donors (Lipinski definition) is 1. The van der Waals surface area contributed by atoms with Crippen LogP contribution in [0.25, 0.3) is 0 Å². The van der Waals surface area contributed by atoms with E-state index in [-0.39, 0.29) is 6.61 Å². The fourth-order valence-electron chi connectivity index (χ4n) is 0.682. The summed E-state index contributed by atoms with van der Waals surface area (Å²) in [4.78, 5) is 15.1. The van der Waals surface area contributed by atoms with Gasteiger partial charge in [0.1, 0.15) is 6.61 Å². The Morgan fingerprint density at radius 1 is 1.67 bits per heavy atom. The molecule has 84 valence electrons. The highest BCUT2D eigenvalue weighted by molar-refractivity contribution is 7.13. The summed E-state index contributed by atoms with van der Waals surface area (Å²) in [7, 11) is 0. The minimum absolute atomic E-state index is 0.312. The average Bonchev–Trinajstić information content (AvgIpc) is 2.47. The van der Waals surface area contributed by atoms with E-state index in [2.05, 4.69) is 15.0 Å². The van der Waals surface area contributed by atoms with Gasteiger partial charge in [0.2, 0.25) is 3.79 Å². The van der Waals surface area contributed by atoms with Crippen LogP contribution >= 0.6 is 46.1 Å². The van der Waals surface area contributed by atoms with Crippen molar-refractivity contribution in [1.29, 1.82) is 0 Å². The molecule has 0 radical (unpaired) electrons. The number of halogens is 3. The second-order valence-electron chi connectivity index (χ2n) is 2.61. The second kappa shape index (κ2) is 5.21. The van der Waals surface area contributed by atoms with Crippen LogP contribution in [0.15, 0.2) is 5.38 Å². The molecule has 0 fully saturated rings. The number of hydrogen-bond acceptors (Lipinski definition) is 4. The van der Waals surface area contributed by atoms with Gasteiger partial charge in [-0.3, -0.25) is 5.32 Å². The number of alkyl halides is 3. The number of amides is 1. The van der Waals surface area contributed by atoms with Gasteiger partial charge in [-0.2, -0.15) is 0 Å². The summed E-state index contributed by atoms with van der Waals surface area (Å²) in [5.74, 6) is 0. The van der Waals surface area contributed by atoms with Gasteiger partial charge in [0.05, 0.1) is 5.69 Å². The highest BCUT2D eigenvalue weighted by atomic mass is 35.6. The molecule has 0 aliphatic carbocycles. The molecule has 1 aromatic rings. The van der Waals surface area contributed by atoms with Gasteiger partial charge in [0, 0.05) is 5.38 Å². The van der Waals surface area contributed by atoms with Gasteiger partial charge in [-0.05, 0) is 6.92 Å². The maximum atomic E-state index is 11.1. The molecule has 15 heavy (non-hydrogen) atoms. The van der Waals surface area contributed by atoms with Gasteiger partial charge in [-0.1, -0.05) is 34.8 Å². The third-order valence-electron chi connectivity index (χ3n) is 1.19. The summed E-state index contributed by atoms with van der Waals surface area (Å²) in [6.07, 6.45) is -0.698. The maximum Gasteiger partial charge on any atom is 0.413 e. The minimum Gasteiger partial charge on any atom is -0.445 e. The zero-order chi connectivity index (χ0) is 11.5. The summed E-state index contributed by atoms with van der Waals surface area (Å²) in [5.41, 5.74) is 0.816. The van der Waals surface area contributed by atoms with Crippen LogP contribution in [0, 0.1) is 6.92 Å². The highest BCUT2D eigenvalue weighted by Crippen LogP contribution is 2.26. The summed E-state index contributed by atoms with van der Waals surface area (Å²) in [6.45, 7) is 1.50. The number of thiazole rings is 1. The Hall–Kier alpha value is -0.230. The molecule has 4 nitrogen and oxygen atoms in total. The van der Waals surface area contributed by atoms with E-state index >= 15 is 0 Å². The van der Waals surface area contributed by atoms with E-state index in [0.717, 1.165) is 5.69 Å². The zero-order valence-electron chi connectivity index (χ0n) is 7.59. The lowest BCUT2D eigenvalue weighted by atomic mass is 10.6. The van der Waals surface area contributed by atoms with Crippen molar-refractivity contribution in [3.05, 3.63) is 11.1 Å². The van der Waals surface area contributed by atoms with Crippen LogP contribution < -0.4 is 5.32 Å². The largest absolute Gasteiger partial charge is 0.445 e. The van der Waals surface area contributed by atoms with E-state index in [4.69, 9.17) is 34.8 Å². The highest BCUT2D eigenvalue weighted by Gasteiger charge is 2.22. The average molecular weight is 290 g/mol. The lowest BCUT2D eigenvalue weighted by molar-refractivity contribution is 0.164. The van der Waals surface area contributed by atoms with Gasteiger partial charge < -0.3 is 4.74 Å². The number of anilines is 1. The normalized spacial score (nSPS) is 11.2. The number of aryl methyl sites for hydroxylation is 1. The van der Waals surface area contributed by atoms with E-state index in [1.807, 2.05) is 6.92 Å². The Morgan fingerprint density at radius 2 is 2.33 bits per heavy atom. The molecule has 0 aliphatic rings. The predicted octanol–water partition coefficient (Wildman–Crippen LogP) is 3.37. The minimum atomic E-state index is -1.60. The number of rotatable bonds is 2. The Kier molecular flexibility index (Phi) is 4.45. The molecular weight excluding hydrogens is 283 g/mol. The Morgan fingerprint density at radius 3 is 2.80 bits per heavy atom. The first kappa shape index (κ1) is 12.8. The quantitative estimate of drug-likeness (QED) is 0.849. The van der Waals surface area contributed by atoms with Crippen molar-refractivity contribution in [3.8, 4) is 0 Å². The monoisotopic (exact) mass is 288 g/mol. The molecular formula is C7H7Cl3N2O2S. The molecule has 1 N–H and O–H groups in total. The fourth-order valence-corrected chi connectivity index (χ4v) is 1.52. The van der Waals surface area contributed by atoms with Crippen LogP contribution in [0.2, 0.25) is 0 Å². The molecule has 0 saturated carbocycles. The van der Waals surface area contributed by atoms with Crippen LogP contribution in [0.5, 0.6) is 0 Å². The van der Waals surface area contributed by atoms with Crippen molar-refractivity contribution in [2.75, 3.05) is 11.9 Å². The summed E-state index contributed by atoms with van der Waals surface area (Å²) in [5, 5.41) is 4.65. The van der Waals surface area contributed by atoms with Crippen molar-refractivity contribution in [1.82, 2.24) is 4.98 Å². The first-order valence-electron chi connectivity index (χ1n) is 3.79. The van der Waals surface area contributed by atoms with Crippen molar-refractivity contribution >= 4 is 57.4 Å². The number of carbonyl (C=O) groups excluding carboxylic acids is 1. The van der Waals surface area contributed by atoms with Crippen LogP contribution in [0.4, 0.5) is 9.93 Å². The molecule has 0 spiro atoms. The molecule has 0 bridgehead atoms. The molecule has 1 amide bonds. The first-order chi connectivity index (χ1) is 6.87. The van der Waals surface area contributed by atoms with Gasteiger partial charge >= 0.3 is 6.09 Å². The van der Waals surface area contributed by atoms with Crippen molar-refractivity contribution in [2.45, 2.75) is 10.7 Å². The Balaban J connectivity index is 2.37. The summed E-state index contributed by atoms with van der Waals surface area (Å²) >= 11 is 17.5. The smallest absolute Gasteiger partial charge is 0.413 e. The van der Waals surface area contributed by atoms with Crippen LogP contribution in [-0.2, 0) is 4.74 Å². The third kappa shape index (κ3) is 5.41. The number of aromatic nitrogens is 1. The molecule has 8 heteroatoms. The molecule has 1 rings (SSSR count). The van der Waals surface area contributed by atoms with Gasteiger partial charge in [0.25, 0.3) is 0 Å². The standard InChI is InChI=1S/C7H7Cl3N2O2S/c1-4-2-15-5(11-4)12-6(13)14-3-7(8,9)10/h2H,3H2,1H3,(H,11,12,13). The van der Waals surface area contributed by atoms with Crippen LogP contribution in [0.3, 0.4) is 0 Å². The molecule has 1 heterocycles. The van der Waals surface area contributed by atoms with E-state index in [0.29, 0.717) is 5.13 Å². The molecule has 0 saturated heterocycles. The predicted molar refractivity (Wildman–Crippen MR) is 62.1 cm³/mol. The zero-order valence-corrected chi connectivity index (χ0v) is 10.7. The number of carbonyl (C=O) groups is 1.